The summed E-state index contributed by atoms with van der Waals surface area (Å²) in [5.74, 6) is 0.521. The van der Waals surface area contributed by atoms with Crippen LogP contribution >= 0.6 is 0 Å². The SMILES string of the molecule is O=C(CCN1CCS(=O)(=O)CC1)c1ccc2ccccc2c1. The van der Waals surface area contributed by atoms with Crippen molar-refractivity contribution in [2.75, 3.05) is 31.1 Å². The number of benzene rings is 2. The lowest BCUT2D eigenvalue weighted by Gasteiger charge is -2.26. The molecule has 1 heterocycles. The van der Waals surface area contributed by atoms with E-state index in [4.69, 9.17) is 0 Å². The highest BCUT2D eigenvalue weighted by atomic mass is 32.2. The van der Waals surface area contributed by atoms with Crippen LogP contribution < -0.4 is 0 Å². The normalized spacial score (nSPS) is 18.4. The third-order valence-electron chi connectivity index (χ3n) is 4.16. The van der Waals surface area contributed by atoms with Crippen LogP contribution in [0.3, 0.4) is 0 Å². The van der Waals surface area contributed by atoms with E-state index in [0.29, 0.717) is 26.1 Å². The zero-order valence-electron chi connectivity index (χ0n) is 12.4. The molecule has 1 fully saturated rings. The molecule has 1 saturated heterocycles. The van der Waals surface area contributed by atoms with Crippen LogP contribution in [0.2, 0.25) is 0 Å². The van der Waals surface area contributed by atoms with Crippen molar-refractivity contribution in [2.45, 2.75) is 6.42 Å². The molecule has 0 aromatic heterocycles. The average Bonchev–Trinajstić information content (AvgIpc) is 2.53. The fourth-order valence-electron chi connectivity index (χ4n) is 2.74. The van der Waals surface area contributed by atoms with E-state index in [-0.39, 0.29) is 17.3 Å². The van der Waals surface area contributed by atoms with E-state index in [1.54, 1.807) is 0 Å². The minimum absolute atomic E-state index is 0.110. The van der Waals surface area contributed by atoms with Crippen LogP contribution in [0.1, 0.15) is 16.8 Å². The summed E-state index contributed by atoms with van der Waals surface area (Å²) in [4.78, 5) is 14.4. The van der Waals surface area contributed by atoms with Gasteiger partial charge in [0.15, 0.2) is 15.6 Å². The number of fused-ring (bicyclic) bond motifs is 1. The second-order valence-electron chi connectivity index (χ2n) is 5.73. The predicted molar refractivity (Wildman–Crippen MR) is 88.0 cm³/mol. The molecule has 0 radical (unpaired) electrons. The standard InChI is InChI=1S/C17H19NO3S/c19-17(7-8-18-9-11-22(20,21)12-10-18)16-6-5-14-3-1-2-4-15(14)13-16/h1-6,13H,7-12H2. The lowest BCUT2D eigenvalue weighted by atomic mass is 10.0. The third-order valence-corrected chi connectivity index (χ3v) is 5.77. The van der Waals surface area contributed by atoms with E-state index in [2.05, 4.69) is 4.90 Å². The molecule has 0 aliphatic carbocycles. The molecule has 2 aromatic rings. The van der Waals surface area contributed by atoms with Gasteiger partial charge in [0.25, 0.3) is 0 Å². The zero-order valence-corrected chi connectivity index (χ0v) is 13.2. The number of Topliss-reactive ketones (excluding diaryl/α,β-unsaturated/α-hetero) is 1. The van der Waals surface area contributed by atoms with Crippen LogP contribution in [0, 0.1) is 0 Å². The molecule has 5 heteroatoms. The van der Waals surface area contributed by atoms with Gasteiger partial charge >= 0.3 is 0 Å². The smallest absolute Gasteiger partial charge is 0.164 e. The minimum Gasteiger partial charge on any atom is -0.301 e. The Morgan fingerprint density at radius 2 is 1.68 bits per heavy atom. The summed E-state index contributed by atoms with van der Waals surface area (Å²) in [6, 6.07) is 13.7. The monoisotopic (exact) mass is 317 g/mol. The summed E-state index contributed by atoms with van der Waals surface area (Å²) in [7, 11) is -2.86. The summed E-state index contributed by atoms with van der Waals surface area (Å²) in [6.07, 6.45) is 0.429. The van der Waals surface area contributed by atoms with Crippen LogP contribution in [-0.2, 0) is 9.84 Å². The minimum atomic E-state index is -2.86. The van der Waals surface area contributed by atoms with Gasteiger partial charge in [-0.15, -0.1) is 0 Å². The second-order valence-corrected chi connectivity index (χ2v) is 8.03. The zero-order chi connectivity index (χ0) is 15.6. The van der Waals surface area contributed by atoms with E-state index in [1.165, 1.54) is 0 Å². The first-order valence-electron chi connectivity index (χ1n) is 7.48. The van der Waals surface area contributed by atoms with Gasteiger partial charge < -0.3 is 4.90 Å². The first-order chi connectivity index (χ1) is 10.5. The fraction of sp³-hybridized carbons (Fsp3) is 0.353. The molecule has 0 saturated carbocycles. The average molecular weight is 317 g/mol. The first-order valence-corrected chi connectivity index (χ1v) is 9.30. The molecule has 1 aliphatic rings. The largest absolute Gasteiger partial charge is 0.301 e. The molecule has 0 spiro atoms. The van der Waals surface area contributed by atoms with Crippen molar-refractivity contribution in [3.63, 3.8) is 0 Å². The van der Waals surface area contributed by atoms with Crippen molar-refractivity contribution < 1.29 is 13.2 Å². The fourth-order valence-corrected chi connectivity index (χ4v) is 4.02. The van der Waals surface area contributed by atoms with E-state index >= 15 is 0 Å². The Kier molecular flexibility index (Phi) is 4.27. The highest BCUT2D eigenvalue weighted by molar-refractivity contribution is 7.91. The Morgan fingerprint density at radius 3 is 2.41 bits per heavy atom. The summed E-state index contributed by atoms with van der Waals surface area (Å²) < 4.78 is 22.8. The van der Waals surface area contributed by atoms with Crippen LogP contribution in [-0.4, -0.2) is 50.2 Å². The molecular weight excluding hydrogens is 298 g/mol. The number of sulfone groups is 1. The third kappa shape index (κ3) is 3.54. The van der Waals surface area contributed by atoms with Gasteiger partial charge in [-0.3, -0.25) is 4.79 Å². The number of ketones is 1. The Balaban J connectivity index is 1.61. The quantitative estimate of drug-likeness (QED) is 0.811. The molecule has 0 N–H and O–H groups in total. The van der Waals surface area contributed by atoms with Gasteiger partial charge in [0.05, 0.1) is 11.5 Å². The molecular formula is C17H19NO3S. The highest BCUT2D eigenvalue weighted by Crippen LogP contribution is 2.17. The van der Waals surface area contributed by atoms with E-state index in [0.717, 1.165) is 16.3 Å². The van der Waals surface area contributed by atoms with Crippen LogP contribution in [0.15, 0.2) is 42.5 Å². The van der Waals surface area contributed by atoms with Crippen molar-refractivity contribution in [1.82, 2.24) is 4.90 Å². The van der Waals surface area contributed by atoms with E-state index in [9.17, 15) is 13.2 Å². The highest BCUT2D eigenvalue weighted by Gasteiger charge is 2.21. The van der Waals surface area contributed by atoms with Crippen molar-refractivity contribution >= 4 is 26.4 Å². The Bertz CT molecular complexity index is 784. The molecule has 116 valence electrons. The maximum Gasteiger partial charge on any atom is 0.164 e. The molecule has 2 aromatic carbocycles. The van der Waals surface area contributed by atoms with E-state index in [1.807, 2.05) is 42.5 Å². The molecule has 0 amide bonds. The molecule has 1 aliphatic heterocycles. The van der Waals surface area contributed by atoms with Crippen LogP contribution in [0.25, 0.3) is 10.8 Å². The van der Waals surface area contributed by atoms with Gasteiger partial charge in [-0.05, 0) is 16.8 Å². The summed E-state index contributed by atoms with van der Waals surface area (Å²) in [5.41, 5.74) is 0.725. The molecule has 22 heavy (non-hydrogen) atoms. The first kappa shape index (κ1) is 15.2. The Morgan fingerprint density at radius 1 is 1.00 bits per heavy atom. The molecule has 0 atom stereocenters. The number of hydrogen-bond acceptors (Lipinski definition) is 4. The summed E-state index contributed by atoms with van der Waals surface area (Å²) in [5, 5.41) is 2.19. The van der Waals surface area contributed by atoms with Gasteiger partial charge in [0.1, 0.15) is 0 Å². The molecule has 0 bridgehead atoms. The van der Waals surface area contributed by atoms with Crippen LogP contribution in [0.4, 0.5) is 0 Å². The van der Waals surface area contributed by atoms with Gasteiger partial charge in [-0.25, -0.2) is 8.42 Å². The number of nitrogens with zero attached hydrogens (tertiary/aromatic N) is 1. The number of rotatable bonds is 4. The molecule has 0 unspecified atom stereocenters. The maximum absolute atomic E-state index is 12.3. The maximum atomic E-state index is 12.3. The lowest BCUT2D eigenvalue weighted by molar-refractivity contribution is 0.0966. The predicted octanol–water partition coefficient (Wildman–Crippen LogP) is 2.14. The van der Waals surface area contributed by atoms with Gasteiger partial charge in [0, 0.05) is 31.6 Å². The Labute approximate surface area is 130 Å². The number of carbonyl (C=O) groups excluding carboxylic acids is 1. The van der Waals surface area contributed by atoms with Crippen LogP contribution in [0.5, 0.6) is 0 Å². The lowest BCUT2D eigenvalue weighted by Crippen LogP contribution is -2.41. The van der Waals surface area contributed by atoms with Gasteiger partial charge in [-0.1, -0.05) is 36.4 Å². The van der Waals surface area contributed by atoms with E-state index < -0.39 is 9.84 Å². The van der Waals surface area contributed by atoms with Crippen molar-refractivity contribution in [1.29, 1.82) is 0 Å². The van der Waals surface area contributed by atoms with Crippen molar-refractivity contribution in [3.05, 3.63) is 48.0 Å². The van der Waals surface area contributed by atoms with Gasteiger partial charge in [0.2, 0.25) is 0 Å². The second kappa shape index (κ2) is 6.18. The number of carbonyl (C=O) groups is 1. The van der Waals surface area contributed by atoms with Gasteiger partial charge in [-0.2, -0.15) is 0 Å². The molecule has 3 rings (SSSR count). The van der Waals surface area contributed by atoms with Crippen molar-refractivity contribution in [2.24, 2.45) is 0 Å². The summed E-state index contributed by atoms with van der Waals surface area (Å²) >= 11 is 0. The van der Waals surface area contributed by atoms with Crippen molar-refractivity contribution in [3.8, 4) is 0 Å². The molecule has 4 nitrogen and oxygen atoms in total. The topological polar surface area (TPSA) is 54.5 Å². The summed E-state index contributed by atoms with van der Waals surface area (Å²) in [6.45, 7) is 1.70. The number of hydrogen-bond donors (Lipinski definition) is 0. The Hall–Kier alpha value is -1.72.